The van der Waals surface area contributed by atoms with E-state index >= 15 is 0 Å². The lowest BCUT2D eigenvalue weighted by atomic mass is 9.82. The van der Waals surface area contributed by atoms with Gasteiger partial charge in [0.1, 0.15) is 5.76 Å². The van der Waals surface area contributed by atoms with E-state index < -0.39 is 0 Å². The van der Waals surface area contributed by atoms with Crippen molar-refractivity contribution in [2.24, 2.45) is 5.92 Å². The molecule has 0 aromatic rings. The van der Waals surface area contributed by atoms with Crippen LogP contribution in [0, 0.1) is 5.92 Å². The molecule has 2 nitrogen and oxygen atoms in total. The second-order valence-corrected chi connectivity index (χ2v) is 4.40. The van der Waals surface area contributed by atoms with Crippen molar-refractivity contribution in [2.45, 2.75) is 52.1 Å². The summed E-state index contributed by atoms with van der Waals surface area (Å²) in [4.78, 5) is 11.7. The van der Waals surface area contributed by atoms with E-state index in [1.165, 1.54) is 0 Å². The van der Waals surface area contributed by atoms with Crippen LogP contribution in [0.1, 0.15) is 46.0 Å². The summed E-state index contributed by atoms with van der Waals surface area (Å²) in [5, 5.41) is 0. The van der Waals surface area contributed by atoms with Crippen LogP contribution < -0.4 is 0 Å². The van der Waals surface area contributed by atoms with Crippen molar-refractivity contribution >= 4 is 5.78 Å². The first-order valence-electron chi connectivity index (χ1n) is 5.65. The first-order chi connectivity index (χ1) is 6.72. The molecule has 0 radical (unpaired) electrons. The van der Waals surface area contributed by atoms with Gasteiger partial charge in [0.25, 0.3) is 0 Å². The maximum Gasteiger partial charge on any atom is 0.162 e. The van der Waals surface area contributed by atoms with Crippen molar-refractivity contribution in [2.75, 3.05) is 0 Å². The number of carbonyl (C=O) groups excluding carboxylic acids is 1. The lowest BCUT2D eigenvalue weighted by Gasteiger charge is -2.34. The average molecular weight is 194 g/mol. The molecular weight excluding hydrogens is 176 g/mol. The Morgan fingerprint density at radius 2 is 2.21 bits per heavy atom. The molecule has 2 aliphatic rings. The largest absolute Gasteiger partial charge is 0.494 e. The number of carbonyl (C=O) groups is 1. The van der Waals surface area contributed by atoms with Crippen LogP contribution in [0.25, 0.3) is 0 Å². The van der Waals surface area contributed by atoms with Crippen LogP contribution >= 0.6 is 0 Å². The number of ether oxygens (including phenoxy) is 1. The zero-order valence-corrected chi connectivity index (χ0v) is 9.01. The third-order valence-corrected chi connectivity index (χ3v) is 3.28. The molecule has 1 aliphatic heterocycles. The Morgan fingerprint density at radius 1 is 1.43 bits per heavy atom. The van der Waals surface area contributed by atoms with Crippen LogP contribution in [0.3, 0.4) is 0 Å². The summed E-state index contributed by atoms with van der Waals surface area (Å²) >= 11 is 0. The highest BCUT2D eigenvalue weighted by Gasteiger charge is 2.32. The average Bonchev–Trinajstić information content (AvgIpc) is 2.17. The van der Waals surface area contributed by atoms with E-state index in [1.54, 1.807) is 0 Å². The lowest BCUT2D eigenvalue weighted by molar-refractivity contribution is -0.118. The molecule has 0 saturated heterocycles. The Kier molecular flexibility index (Phi) is 2.62. The molecule has 0 fully saturated rings. The normalized spacial score (nSPS) is 32.6. The molecule has 0 N–H and O–H groups in total. The summed E-state index contributed by atoms with van der Waals surface area (Å²) in [7, 11) is 0. The van der Waals surface area contributed by atoms with Crippen LogP contribution in [-0.4, -0.2) is 11.9 Å². The van der Waals surface area contributed by atoms with Gasteiger partial charge in [-0.3, -0.25) is 4.79 Å². The molecule has 1 aliphatic carbocycles. The van der Waals surface area contributed by atoms with Crippen LogP contribution in [0.2, 0.25) is 0 Å². The second kappa shape index (κ2) is 3.76. The molecule has 2 rings (SSSR count). The maximum absolute atomic E-state index is 11.7. The molecule has 0 amide bonds. The topological polar surface area (TPSA) is 26.3 Å². The van der Waals surface area contributed by atoms with E-state index in [1.807, 2.05) is 0 Å². The SMILES string of the molecule is CCC1CC(C)C2=C(CCCC2=O)O1. The Labute approximate surface area is 85.3 Å². The zero-order chi connectivity index (χ0) is 10.1. The number of rotatable bonds is 1. The zero-order valence-electron chi connectivity index (χ0n) is 9.01. The Bertz CT molecular complexity index is 278. The van der Waals surface area contributed by atoms with Gasteiger partial charge in [-0.1, -0.05) is 13.8 Å². The highest BCUT2D eigenvalue weighted by Crippen LogP contribution is 2.36. The van der Waals surface area contributed by atoms with Crippen LogP contribution in [0.5, 0.6) is 0 Å². The van der Waals surface area contributed by atoms with E-state index in [4.69, 9.17) is 4.74 Å². The molecule has 0 bridgehead atoms. The van der Waals surface area contributed by atoms with Crippen LogP contribution in [0.15, 0.2) is 11.3 Å². The van der Waals surface area contributed by atoms with Crippen molar-refractivity contribution in [3.8, 4) is 0 Å². The van der Waals surface area contributed by atoms with Gasteiger partial charge in [0, 0.05) is 18.4 Å². The van der Waals surface area contributed by atoms with E-state index in [0.29, 0.717) is 17.8 Å². The Balaban J connectivity index is 2.26. The molecule has 14 heavy (non-hydrogen) atoms. The minimum Gasteiger partial charge on any atom is -0.494 e. The monoisotopic (exact) mass is 194 g/mol. The summed E-state index contributed by atoms with van der Waals surface area (Å²) in [5.74, 6) is 1.75. The lowest BCUT2D eigenvalue weighted by Crippen LogP contribution is -2.29. The summed E-state index contributed by atoms with van der Waals surface area (Å²) in [6, 6.07) is 0. The highest BCUT2D eigenvalue weighted by atomic mass is 16.5. The van der Waals surface area contributed by atoms with Crippen molar-refractivity contribution in [3.05, 3.63) is 11.3 Å². The van der Waals surface area contributed by atoms with Crippen molar-refractivity contribution in [3.63, 3.8) is 0 Å². The van der Waals surface area contributed by atoms with E-state index in [9.17, 15) is 4.79 Å². The van der Waals surface area contributed by atoms with Crippen LogP contribution in [0.4, 0.5) is 0 Å². The molecule has 0 aromatic heterocycles. The maximum atomic E-state index is 11.7. The van der Waals surface area contributed by atoms with Crippen LogP contribution in [-0.2, 0) is 9.53 Å². The molecule has 1 heterocycles. The van der Waals surface area contributed by atoms with Gasteiger partial charge in [0.15, 0.2) is 5.78 Å². The van der Waals surface area contributed by atoms with E-state index in [-0.39, 0.29) is 0 Å². The first-order valence-corrected chi connectivity index (χ1v) is 5.65. The van der Waals surface area contributed by atoms with E-state index in [2.05, 4.69) is 13.8 Å². The predicted molar refractivity (Wildman–Crippen MR) is 54.8 cm³/mol. The summed E-state index contributed by atoms with van der Waals surface area (Å²) in [5.41, 5.74) is 1.00. The Morgan fingerprint density at radius 3 is 2.93 bits per heavy atom. The Hall–Kier alpha value is -0.790. The van der Waals surface area contributed by atoms with Gasteiger partial charge in [0.2, 0.25) is 0 Å². The molecule has 2 unspecified atom stereocenters. The first kappa shape index (κ1) is 9.75. The molecule has 2 heteroatoms. The quantitative estimate of drug-likeness (QED) is 0.641. The minimum atomic E-state index is 0.327. The van der Waals surface area contributed by atoms with Gasteiger partial charge < -0.3 is 4.74 Å². The molecule has 2 atom stereocenters. The van der Waals surface area contributed by atoms with Crippen molar-refractivity contribution < 1.29 is 9.53 Å². The van der Waals surface area contributed by atoms with Gasteiger partial charge in [-0.2, -0.15) is 0 Å². The highest BCUT2D eigenvalue weighted by molar-refractivity contribution is 5.97. The molecule has 78 valence electrons. The third kappa shape index (κ3) is 1.58. The molecule has 0 saturated carbocycles. The number of hydrogen-bond donors (Lipinski definition) is 0. The van der Waals surface area contributed by atoms with Gasteiger partial charge in [0.05, 0.1) is 6.10 Å². The summed E-state index contributed by atoms with van der Waals surface area (Å²) in [6.45, 7) is 4.30. The van der Waals surface area contributed by atoms with Gasteiger partial charge in [-0.25, -0.2) is 0 Å². The standard InChI is InChI=1S/C12H18O2/c1-3-9-7-8(2)12-10(13)5-4-6-11(12)14-9/h8-9H,3-7H2,1-2H3. The molecule has 0 spiro atoms. The fourth-order valence-electron chi connectivity index (χ4n) is 2.52. The third-order valence-electron chi connectivity index (χ3n) is 3.28. The van der Waals surface area contributed by atoms with E-state index in [0.717, 1.165) is 43.4 Å². The number of allylic oxidation sites excluding steroid dienone is 2. The van der Waals surface area contributed by atoms with Gasteiger partial charge in [-0.05, 0) is 25.2 Å². The second-order valence-electron chi connectivity index (χ2n) is 4.40. The minimum absolute atomic E-state index is 0.327. The van der Waals surface area contributed by atoms with Gasteiger partial charge >= 0.3 is 0 Å². The smallest absolute Gasteiger partial charge is 0.162 e. The fraction of sp³-hybridized carbons (Fsp3) is 0.750. The molecular formula is C12H18O2. The van der Waals surface area contributed by atoms with Gasteiger partial charge in [-0.15, -0.1) is 0 Å². The number of Topliss-reactive ketones (excluding diaryl/α,β-unsaturated/α-hetero) is 1. The number of ketones is 1. The van der Waals surface area contributed by atoms with Crippen molar-refractivity contribution in [1.29, 1.82) is 0 Å². The predicted octanol–water partition coefficient (Wildman–Crippen LogP) is 2.83. The summed E-state index contributed by atoms with van der Waals surface area (Å²) in [6.07, 6.45) is 5.08. The summed E-state index contributed by atoms with van der Waals surface area (Å²) < 4.78 is 5.84. The molecule has 0 aromatic carbocycles. The fourth-order valence-corrected chi connectivity index (χ4v) is 2.52. The van der Waals surface area contributed by atoms with Crippen molar-refractivity contribution in [1.82, 2.24) is 0 Å². The number of hydrogen-bond acceptors (Lipinski definition) is 2.